The summed E-state index contributed by atoms with van der Waals surface area (Å²) >= 11 is 0. The molecule has 0 aliphatic heterocycles. The van der Waals surface area contributed by atoms with Gasteiger partial charge in [-0.05, 0) is 51.4 Å². The highest BCUT2D eigenvalue weighted by atomic mass is 16.2. The summed E-state index contributed by atoms with van der Waals surface area (Å²) in [5, 5.41) is 0. The van der Waals surface area contributed by atoms with Crippen molar-refractivity contribution in [2.75, 3.05) is 14.1 Å². The average Bonchev–Trinajstić information content (AvgIpc) is 2.73. The fourth-order valence-electron chi connectivity index (χ4n) is 5.46. The van der Waals surface area contributed by atoms with Crippen molar-refractivity contribution in [1.29, 1.82) is 0 Å². The molecule has 0 aromatic rings. The third-order valence-electron chi connectivity index (χ3n) is 7.37. The van der Waals surface area contributed by atoms with Crippen LogP contribution < -0.4 is 0 Å². The molecule has 3 rings (SSSR count). The first-order chi connectivity index (χ1) is 12.6. The minimum absolute atomic E-state index is 0.144. The minimum Gasteiger partial charge on any atom is -0.343 e. The Hall–Kier alpha value is -1.06. The van der Waals surface area contributed by atoms with Gasteiger partial charge in [-0.15, -0.1) is 0 Å². The van der Waals surface area contributed by atoms with Crippen molar-refractivity contribution in [2.24, 2.45) is 11.8 Å². The quantitative estimate of drug-likeness (QED) is 0.745. The van der Waals surface area contributed by atoms with E-state index in [9.17, 15) is 9.59 Å². The van der Waals surface area contributed by atoms with Gasteiger partial charge < -0.3 is 9.80 Å². The van der Waals surface area contributed by atoms with Gasteiger partial charge in [0.05, 0.1) is 0 Å². The monoisotopic (exact) mass is 362 g/mol. The topological polar surface area (TPSA) is 40.6 Å². The molecule has 3 saturated carbocycles. The lowest BCUT2D eigenvalue weighted by Crippen LogP contribution is -2.45. The molecule has 148 valence electrons. The summed E-state index contributed by atoms with van der Waals surface area (Å²) in [4.78, 5) is 29.9. The fourth-order valence-corrected chi connectivity index (χ4v) is 5.46. The zero-order valence-corrected chi connectivity index (χ0v) is 16.9. The van der Waals surface area contributed by atoms with Crippen LogP contribution in [0.25, 0.3) is 0 Å². The Morgan fingerprint density at radius 1 is 0.538 bits per heavy atom. The van der Waals surface area contributed by atoms with Crippen molar-refractivity contribution in [3.05, 3.63) is 0 Å². The molecule has 4 heteroatoms. The number of carbonyl (C=O) groups is 2. The molecule has 0 heterocycles. The van der Waals surface area contributed by atoms with Gasteiger partial charge in [0.25, 0.3) is 0 Å². The van der Waals surface area contributed by atoms with E-state index in [-0.39, 0.29) is 11.8 Å². The van der Waals surface area contributed by atoms with Gasteiger partial charge in [0.15, 0.2) is 0 Å². The number of amides is 2. The minimum atomic E-state index is 0.144. The Morgan fingerprint density at radius 3 is 1.15 bits per heavy atom. The van der Waals surface area contributed by atoms with E-state index in [4.69, 9.17) is 0 Å². The highest BCUT2D eigenvalue weighted by Crippen LogP contribution is 2.33. The van der Waals surface area contributed by atoms with Gasteiger partial charge in [-0.1, -0.05) is 38.5 Å². The number of rotatable bonds is 4. The van der Waals surface area contributed by atoms with Crippen molar-refractivity contribution < 1.29 is 9.59 Å². The van der Waals surface area contributed by atoms with Gasteiger partial charge >= 0.3 is 0 Å². The molecule has 0 spiro atoms. The summed E-state index contributed by atoms with van der Waals surface area (Å²) in [7, 11) is 4.01. The van der Waals surface area contributed by atoms with Gasteiger partial charge in [-0.2, -0.15) is 0 Å². The SMILES string of the molecule is CN(C(=O)C1CCC(C(=O)N(C)C2CCCCC2)CC1)C1CCCCC1. The van der Waals surface area contributed by atoms with Crippen LogP contribution in [-0.2, 0) is 9.59 Å². The van der Waals surface area contributed by atoms with Crippen LogP contribution in [0.15, 0.2) is 0 Å². The first kappa shape index (κ1) is 19.7. The molecule has 2 amide bonds. The number of nitrogens with zero attached hydrogens (tertiary/aromatic N) is 2. The summed E-state index contributed by atoms with van der Waals surface area (Å²) in [6.45, 7) is 0. The van der Waals surface area contributed by atoms with E-state index in [1.54, 1.807) is 0 Å². The van der Waals surface area contributed by atoms with E-state index in [1.165, 1.54) is 64.2 Å². The molecule has 0 atom stereocenters. The van der Waals surface area contributed by atoms with E-state index >= 15 is 0 Å². The molecule has 0 N–H and O–H groups in total. The van der Waals surface area contributed by atoms with Crippen molar-refractivity contribution in [2.45, 2.75) is 102 Å². The largest absolute Gasteiger partial charge is 0.343 e. The molecule has 3 aliphatic carbocycles. The van der Waals surface area contributed by atoms with Crippen molar-refractivity contribution in [3.63, 3.8) is 0 Å². The van der Waals surface area contributed by atoms with Crippen LogP contribution in [0.5, 0.6) is 0 Å². The van der Waals surface area contributed by atoms with Crippen LogP contribution >= 0.6 is 0 Å². The summed E-state index contributed by atoms with van der Waals surface area (Å²) < 4.78 is 0. The first-order valence-corrected chi connectivity index (χ1v) is 11.1. The highest BCUT2D eigenvalue weighted by molar-refractivity contribution is 5.81. The molecule has 0 unspecified atom stereocenters. The smallest absolute Gasteiger partial charge is 0.225 e. The van der Waals surface area contributed by atoms with Crippen LogP contribution in [0.3, 0.4) is 0 Å². The second kappa shape index (κ2) is 9.23. The molecular formula is C22H38N2O2. The molecule has 4 nitrogen and oxygen atoms in total. The standard InChI is InChI=1S/C22H38N2O2/c1-23(19-9-5-3-6-10-19)21(25)17-13-15-18(16-14-17)22(26)24(2)20-11-7-4-8-12-20/h17-20H,3-16H2,1-2H3. The predicted molar refractivity (Wildman–Crippen MR) is 105 cm³/mol. The molecule has 0 saturated heterocycles. The van der Waals surface area contributed by atoms with E-state index < -0.39 is 0 Å². The average molecular weight is 363 g/mol. The van der Waals surface area contributed by atoms with Crippen molar-refractivity contribution >= 4 is 11.8 Å². The predicted octanol–water partition coefficient (Wildman–Crippen LogP) is 4.38. The highest BCUT2D eigenvalue weighted by Gasteiger charge is 2.35. The van der Waals surface area contributed by atoms with Crippen molar-refractivity contribution in [3.8, 4) is 0 Å². The van der Waals surface area contributed by atoms with E-state index in [0.717, 1.165) is 25.7 Å². The molecule has 0 aromatic heterocycles. The van der Waals surface area contributed by atoms with E-state index in [0.29, 0.717) is 23.9 Å². The van der Waals surface area contributed by atoms with Gasteiger partial charge in [-0.25, -0.2) is 0 Å². The summed E-state index contributed by atoms with van der Waals surface area (Å²) in [5.74, 6) is 0.962. The number of hydrogen-bond donors (Lipinski definition) is 0. The van der Waals surface area contributed by atoms with Crippen LogP contribution in [0.2, 0.25) is 0 Å². The third kappa shape index (κ3) is 4.61. The Labute approximate surface area is 159 Å². The Kier molecular flexibility index (Phi) is 6.99. The zero-order valence-electron chi connectivity index (χ0n) is 16.9. The Balaban J connectivity index is 1.47. The Morgan fingerprint density at radius 2 is 0.846 bits per heavy atom. The summed E-state index contributed by atoms with van der Waals surface area (Å²) in [6.07, 6.45) is 15.9. The maximum atomic E-state index is 12.9. The second-order valence-corrected chi connectivity index (χ2v) is 9.03. The molecule has 26 heavy (non-hydrogen) atoms. The van der Waals surface area contributed by atoms with Gasteiger partial charge in [0.2, 0.25) is 11.8 Å². The number of hydrogen-bond acceptors (Lipinski definition) is 2. The van der Waals surface area contributed by atoms with Crippen LogP contribution in [0, 0.1) is 11.8 Å². The lowest BCUT2D eigenvalue weighted by Gasteiger charge is -2.38. The molecule has 0 aromatic carbocycles. The van der Waals surface area contributed by atoms with Gasteiger partial charge in [-0.3, -0.25) is 9.59 Å². The van der Waals surface area contributed by atoms with Crippen LogP contribution in [0.4, 0.5) is 0 Å². The second-order valence-electron chi connectivity index (χ2n) is 9.03. The van der Waals surface area contributed by atoms with Crippen LogP contribution in [-0.4, -0.2) is 47.8 Å². The lowest BCUT2D eigenvalue weighted by atomic mass is 9.80. The van der Waals surface area contributed by atoms with Gasteiger partial charge in [0, 0.05) is 38.0 Å². The first-order valence-electron chi connectivity index (χ1n) is 11.1. The van der Waals surface area contributed by atoms with E-state index in [1.807, 2.05) is 23.9 Å². The lowest BCUT2D eigenvalue weighted by molar-refractivity contribution is -0.143. The maximum absolute atomic E-state index is 12.9. The Bertz CT molecular complexity index is 429. The van der Waals surface area contributed by atoms with Crippen molar-refractivity contribution in [1.82, 2.24) is 9.80 Å². The maximum Gasteiger partial charge on any atom is 0.225 e. The zero-order chi connectivity index (χ0) is 18.5. The third-order valence-corrected chi connectivity index (χ3v) is 7.37. The summed E-state index contributed by atoms with van der Waals surface area (Å²) in [6, 6.07) is 0.904. The molecule has 0 bridgehead atoms. The fraction of sp³-hybridized carbons (Fsp3) is 0.909. The summed E-state index contributed by atoms with van der Waals surface area (Å²) in [5.41, 5.74) is 0. The molecule has 3 fully saturated rings. The number of carbonyl (C=O) groups excluding carboxylic acids is 2. The molecule has 3 aliphatic rings. The molecular weight excluding hydrogens is 324 g/mol. The van der Waals surface area contributed by atoms with Gasteiger partial charge in [0.1, 0.15) is 0 Å². The molecule has 0 radical (unpaired) electrons. The van der Waals surface area contributed by atoms with E-state index in [2.05, 4.69) is 0 Å². The van der Waals surface area contributed by atoms with Crippen LogP contribution in [0.1, 0.15) is 89.9 Å². The normalized spacial score (nSPS) is 28.5.